The van der Waals surface area contributed by atoms with Crippen LogP contribution in [-0.2, 0) is 14.3 Å². The van der Waals surface area contributed by atoms with Gasteiger partial charge in [-0.15, -0.1) is 0 Å². The molecule has 2 atom stereocenters. The molecule has 0 aromatic rings. The first-order valence-corrected chi connectivity index (χ1v) is 30.1. The highest BCUT2D eigenvalue weighted by molar-refractivity contribution is 5.76. The molecule has 2 unspecified atom stereocenters. The fourth-order valence-electron chi connectivity index (χ4n) is 9.34. The van der Waals surface area contributed by atoms with Gasteiger partial charge in [0.25, 0.3) is 0 Å². The fraction of sp³-hybridized carbons (Fsp3) is 0.902. The molecule has 6 nitrogen and oxygen atoms in total. The monoisotopic (exact) mass is 944 g/mol. The van der Waals surface area contributed by atoms with E-state index >= 15 is 0 Å². The lowest BCUT2D eigenvalue weighted by atomic mass is 10.0. The Morgan fingerprint density at radius 1 is 0.403 bits per heavy atom. The topological polar surface area (TPSA) is 95.9 Å². The molecule has 0 aromatic carbocycles. The molecule has 3 N–H and O–H groups in total. The van der Waals surface area contributed by atoms with E-state index in [2.05, 4.69) is 31.3 Å². The van der Waals surface area contributed by atoms with E-state index < -0.39 is 12.1 Å². The van der Waals surface area contributed by atoms with Crippen LogP contribution in [0, 0.1) is 0 Å². The number of aliphatic hydroxyl groups excluding tert-OH is 2. The van der Waals surface area contributed by atoms with Crippen LogP contribution in [0.15, 0.2) is 24.3 Å². The number of esters is 1. The Kier molecular flexibility index (Phi) is 55.5. The number of hydrogen-bond donors (Lipinski definition) is 3. The summed E-state index contributed by atoms with van der Waals surface area (Å²) in [6.45, 7) is 4.91. The van der Waals surface area contributed by atoms with Gasteiger partial charge in [0.15, 0.2) is 0 Å². The third kappa shape index (κ3) is 53.5. The molecule has 0 aliphatic heterocycles. The predicted octanol–water partition coefficient (Wildman–Crippen LogP) is 18.6. The summed E-state index contributed by atoms with van der Waals surface area (Å²) < 4.78 is 5.46. The van der Waals surface area contributed by atoms with E-state index in [9.17, 15) is 19.8 Å². The number of unbranched alkanes of at least 4 members (excludes halogenated alkanes) is 43. The van der Waals surface area contributed by atoms with Crippen molar-refractivity contribution in [2.75, 3.05) is 13.2 Å². The first-order valence-electron chi connectivity index (χ1n) is 30.1. The van der Waals surface area contributed by atoms with Gasteiger partial charge in [0.05, 0.1) is 25.4 Å². The van der Waals surface area contributed by atoms with E-state index in [0.29, 0.717) is 19.4 Å². The molecule has 396 valence electrons. The SMILES string of the molecule is CCCCCCCCCCCCC/C=C/C(O)C(CO)NC(=O)CCCCCCCCCCCC/C=C\CCCCCCCCCCCCCCOC(=O)CCCCCCCCCCCCC. The molecule has 0 radical (unpaired) electrons. The van der Waals surface area contributed by atoms with E-state index in [1.807, 2.05) is 6.08 Å². The molecule has 0 aliphatic carbocycles. The van der Waals surface area contributed by atoms with Crippen LogP contribution in [0.4, 0.5) is 0 Å². The molecule has 1 amide bonds. The van der Waals surface area contributed by atoms with Gasteiger partial charge in [0.1, 0.15) is 0 Å². The molecule has 0 saturated carbocycles. The second-order valence-electron chi connectivity index (χ2n) is 20.7. The number of hydrogen-bond acceptors (Lipinski definition) is 5. The minimum atomic E-state index is -0.844. The zero-order chi connectivity index (χ0) is 48.6. The summed E-state index contributed by atoms with van der Waals surface area (Å²) in [4.78, 5) is 24.4. The minimum Gasteiger partial charge on any atom is -0.466 e. The number of rotatable bonds is 56. The van der Waals surface area contributed by atoms with Gasteiger partial charge in [-0.3, -0.25) is 9.59 Å². The summed E-state index contributed by atoms with van der Waals surface area (Å²) in [5.74, 6) is -0.0556. The molecule has 0 bridgehead atoms. The summed E-state index contributed by atoms with van der Waals surface area (Å²) in [6.07, 6.45) is 69.3. The lowest BCUT2D eigenvalue weighted by molar-refractivity contribution is -0.143. The van der Waals surface area contributed by atoms with E-state index in [4.69, 9.17) is 4.74 Å². The maximum atomic E-state index is 12.4. The molecule has 6 heteroatoms. The van der Waals surface area contributed by atoms with Crippen molar-refractivity contribution in [3.05, 3.63) is 24.3 Å². The van der Waals surface area contributed by atoms with Crippen molar-refractivity contribution in [1.29, 1.82) is 0 Å². The largest absolute Gasteiger partial charge is 0.466 e. The van der Waals surface area contributed by atoms with Gasteiger partial charge in [-0.2, -0.15) is 0 Å². The fourth-order valence-corrected chi connectivity index (χ4v) is 9.34. The Labute approximate surface area is 418 Å². The molecule has 0 heterocycles. The van der Waals surface area contributed by atoms with Crippen molar-refractivity contribution in [3.63, 3.8) is 0 Å². The lowest BCUT2D eigenvalue weighted by Gasteiger charge is -2.20. The number of ether oxygens (including phenoxy) is 1. The highest BCUT2D eigenvalue weighted by atomic mass is 16.5. The average Bonchev–Trinajstić information content (AvgIpc) is 3.33. The van der Waals surface area contributed by atoms with Gasteiger partial charge >= 0.3 is 5.97 Å². The van der Waals surface area contributed by atoms with Gasteiger partial charge < -0.3 is 20.3 Å². The van der Waals surface area contributed by atoms with Crippen molar-refractivity contribution in [3.8, 4) is 0 Å². The molecule has 0 spiro atoms. The van der Waals surface area contributed by atoms with Gasteiger partial charge in [0, 0.05) is 12.8 Å². The minimum absolute atomic E-state index is 0.0136. The van der Waals surface area contributed by atoms with Gasteiger partial charge in [-0.25, -0.2) is 0 Å². The molecule has 0 aliphatic rings. The highest BCUT2D eigenvalue weighted by Crippen LogP contribution is 2.17. The zero-order valence-corrected chi connectivity index (χ0v) is 45.1. The summed E-state index contributed by atoms with van der Waals surface area (Å²) in [6, 6.07) is -0.628. The van der Waals surface area contributed by atoms with Crippen molar-refractivity contribution < 1.29 is 24.5 Å². The first kappa shape index (κ1) is 65.3. The Bertz CT molecular complexity index is 1040. The summed E-state index contributed by atoms with van der Waals surface area (Å²) >= 11 is 0. The normalized spacial score (nSPS) is 12.7. The van der Waals surface area contributed by atoms with Crippen LogP contribution in [0.2, 0.25) is 0 Å². The number of amides is 1. The van der Waals surface area contributed by atoms with E-state index in [1.165, 1.54) is 263 Å². The van der Waals surface area contributed by atoms with Crippen LogP contribution in [-0.4, -0.2) is 47.4 Å². The summed E-state index contributed by atoms with van der Waals surface area (Å²) in [5.41, 5.74) is 0. The van der Waals surface area contributed by atoms with Gasteiger partial charge in [-0.05, 0) is 57.8 Å². The van der Waals surface area contributed by atoms with Crippen molar-refractivity contribution in [2.24, 2.45) is 0 Å². The van der Waals surface area contributed by atoms with Gasteiger partial charge in [0.2, 0.25) is 5.91 Å². The number of allylic oxidation sites excluding steroid dienone is 3. The number of carbonyl (C=O) groups excluding carboxylic acids is 2. The van der Waals surface area contributed by atoms with Crippen molar-refractivity contribution in [1.82, 2.24) is 5.32 Å². The van der Waals surface area contributed by atoms with Crippen LogP contribution < -0.4 is 5.32 Å². The lowest BCUT2D eigenvalue weighted by Crippen LogP contribution is -2.45. The Morgan fingerprint density at radius 2 is 0.701 bits per heavy atom. The molecular weight excluding hydrogens is 827 g/mol. The van der Waals surface area contributed by atoms with Crippen LogP contribution in [0.1, 0.15) is 328 Å². The van der Waals surface area contributed by atoms with Crippen LogP contribution in [0.3, 0.4) is 0 Å². The number of aliphatic hydroxyl groups is 2. The maximum absolute atomic E-state index is 12.4. The zero-order valence-electron chi connectivity index (χ0n) is 45.1. The Hall–Kier alpha value is -1.66. The third-order valence-corrected chi connectivity index (χ3v) is 14.0. The van der Waals surface area contributed by atoms with E-state index in [1.54, 1.807) is 6.08 Å². The van der Waals surface area contributed by atoms with Crippen LogP contribution in [0.25, 0.3) is 0 Å². The smallest absolute Gasteiger partial charge is 0.305 e. The number of nitrogens with one attached hydrogen (secondary N) is 1. The second kappa shape index (κ2) is 56.9. The summed E-state index contributed by atoms with van der Waals surface area (Å²) in [5, 5.41) is 23.1. The quantitative estimate of drug-likeness (QED) is 0.0321. The predicted molar refractivity (Wildman–Crippen MR) is 292 cm³/mol. The second-order valence-corrected chi connectivity index (χ2v) is 20.7. The average molecular weight is 945 g/mol. The Morgan fingerprint density at radius 3 is 1.06 bits per heavy atom. The molecule has 0 fully saturated rings. The molecule has 67 heavy (non-hydrogen) atoms. The third-order valence-electron chi connectivity index (χ3n) is 14.0. The van der Waals surface area contributed by atoms with Crippen LogP contribution in [0.5, 0.6) is 0 Å². The number of carbonyl (C=O) groups is 2. The summed E-state index contributed by atoms with van der Waals surface area (Å²) in [7, 11) is 0. The molecule has 0 rings (SSSR count). The van der Waals surface area contributed by atoms with E-state index in [0.717, 1.165) is 38.5 Å². The van der Waals surface area contributed by atoms with E-state index in [-0.39, 0.29) is 18.5 Å². The van der Waals surface area contributed by atoms with Crippen molar-refractivity contribution >= 4 is 11.9 Å². The standard InChI is InChI=1S/C61H117NO5/c1-3-5-7-9-11-13-15-30-34-37-41-45-49-53-59(64)58(57-63)62-60(65)54-50-46-42-38-35-31-28-26-24-22-20-18-16-17-19-21-23-25-27-29-32-36-40-44-48-52-56-67-61(66)55-51-47-43-39-33-14-12-10-8-6-4-2/h16,18,49,53,58-59,63-64H,3-15,17,19-48,50-52,54-57H2,1-2H3,(H,62,65)/b18-16-,53-49+. The Balaban J connectivity index is 3.40. The van der Waals surface area contributed by atoms with Crippen LogP contribution >= 0.6 is 0 Å². The highest BCUT2D eigenvalue weighted by Gasteiger charge is 2.18. The van der Waals surface area contributed by atoms with Crippen molar-refractivity contribution in [2.45, 2.75) is 341 Å². The maximum Gasteiger partial charge on any atom is 0.305 e. The first-order chi connectivity index (χ1) is 33.0. The molecule has 0 aromatic heterocycles. The molecule has 0 saturated heterocycles. The van der Waals surface area contributed by atoms with Gasteiger partial charge in [-0.1, -0.05) is 282 Å². The molecular formula is C61H117NO5.